The van der Waals surface area contributed by atoms with E-state index in [1.807, 2.05) is 54.7 Å². The Morgan fingerprint density at radius 3 is 2.44 bits per heavy atom. The van der Waals surface area contributed by atoms with Gasteiger partial charge in [-0.15, -0.1) is 0 Å². The summed E-state index contributed by atoms with van der Waals surface area (Å²) in [4.78, 5) is 11.2. The fourth-order valence-electron chi connectivity index (χ4n) is 3.38. The van der Waals surface area contributed by atoms with E-state index in [0.29, 0.717) is 13.2 Å². The first-order valence-corrected chi connectivity index (χ1v) is 11.0. The number of benzene rings is 2. The molecule has 0 aliphatic rings. The van der Waals surface area contributed by atoms with Gasteiger partial charge in [0.15, 0.2) is 0 Å². The molecule has 0 bridgehead atoms. The zero-order valence-corrected chi connectivity index (χ0v) is 18.8. The maximum Gasteiger partial charge on any atom is 0.427 e. The van der Waals surface area contributed by atoms with Gasteiger partial charge in [-0.25, -0.2) is 10.2 Å². The SMILES string of the molecule is CCCCCCOc1ccc(OCCn2cc(/C=N\NC(=O)OC)c3ccccc32)cc1. The van der Waals surface area contributed by atoms with Gasteiger partial charge in [0.1, 0.15) is 18.1 Å². The summed E-state index contributed by atoms with van der Waals surface area (Å²) in [6.07, 6.45) is 7.77. The summed E-state index contributed by atoms with van der Waals surface area (Å²) in [6.45, 7) is 4.15. The fraction of sp³-hybridized carbons (Fsp3) is 0.360. The highest BCUT2D eigenvalue weighted by molar-refractivity contribution is 5.99. The zero-order valence-electron chi connectivity index (χ0n) is 18.8. The molecule has 0 aliphatic carbocycles. The van der Waals surface area contributed by atoms with Crippen molar-refractivity contribution in [3.63, 3.8) is 0 Å². The number of hydrogen-bond donors (Lipinski definition) is 1. The lowest BCUT2D eigenvalue weighted by Gasteiger charge is -2.10. The molecule has 3 rings (SSSR count). The topological polar surface area (TPSA) is 74.1 Å². The smallest absolute Gasteiger partial charge is 0.427 e. The van der Waals surface area contributed by atoms with Gasteiger partial charge in [0.2, 0.25) is 0 Å². The van der Waals surface area contributed by atoms with Crippen LogP contribution in [0.4, 0.5) is 4.79 Å². The van der Waals surface area contributed by atoms with Crippen LogP contribution in [0.1, 0.15) is 38.2 Å². The third kappa shape index (κ3) is 6.77. The average molecular weight is 438 g/mol. The second kappa shape index (κ2) is 12.4. The van der Waals surface area contributed by atoms with Crippen LogP contribution in [0.2, 0.25) is 0 Å². The summed E-state index contributed by atoms with van der Waals surface area (Å²) >= 11 is 0. The Balaban J connectivity index is 1.53. The van der Waals surface area contributed by atoms with Crippen LogP contribution in [-0.4, -0.2) is 37.2 Å². The standard InChI is InChI=1S/C25H31N3O4/c1-3-4-5-8-16-31-21-11-13-22(14-12-21)32-17-15-28-19-20(18-26-27-25(29)30-2)23-9-6-7-10-24(23)28/h6-7,9-14,18-19H,3-5,8,15-17H2,1-2H3,(H,27,29)/b26-18-. The van der Waals surface area contributed by atoms with E-state index < -0.39 is 6.09 Å². The van der Waals surface area contributed by atoms with Crippen LogP contribution in [0.5, 0.6) is 11.5 Å². The van der Waals surface area contributed by atoms with Gasteiger partial charge < -0.3 is 18.8 Å². The Bertz CT molecular complexity index is 1010. The minimum Gasteiger partial charge on any atom is -0.494 e. The van der Waals surface area contributed by atoms with Crippen molar-refractivity contribution >= 4 is 23.2 Å². The number of methoxy groups -OCH3 is 1. The van der Waals surface area contributed by atoms with Gasteiger partial charge in [0, 0.05) is 22.7 Å². The van der Waals surface area contributed by atoms with Crippen LogP contribution in [0.25, 0.3) is 10.9 Å². The molecule has 7 heteroatoms. The molecule has 0 atom stereocenters. The number of carbonyl (C=O) groups excluding carboxylic acids is 1. The van der Waals surface area contributed by atoms with Crippen molar-refractivity contribution in [1.29, 1.82) is 0 Å². The summed E-state index contributed by atoms with van der Waals surface area (Å²) < 4.78 is 18.3. The van der Waals surface area contributed by atoms with Crippen molar-refractivity contribution in [1.82, 2.24) is 9.99 Å². The third-order valence-electron chi connectivity index (χ3n) is 5.06. The van der Waals surface area contributed by atoms with E-state index in [-0.39, 0.29) is 0 Å². The third-order valence-corrected chi connectivity index (χ3v) is 5.06. The van der Waals surface area contributed by atoms with Gasteiger partial charge in [-0.3, -0.25) is 0 Å². The molecule has 1 aromatic heterocycles. The van der Waals surface area contributed by atoms with E-state index in [1.54, 1.807) is 6.21 Å². The van der Waals surface area contributed by atoms with Gasteiger partial charge in [-0.2, -0.15) is 5.10 Å². The van der Waals surface area contributed by atoms with Crippen LogP contribution >= 0.6 is 0 Å². The first-order valence-electron chi connectivity index (χ1n) is 11.0. The van der Waals surface area contributed by atoms with Crippen molar-refractivity contribution in [3.8, 4) is 11.5 Å². The first kappa shape index (κ1) is 23.2. The monoisotopic (exact) mass is 437 g/mol. The average Bonchev–Trinajstić information content (AvgIpc) is 3.17. The predicted octanol–water partition coefficient (Wildman–Crippen LogP) is 5.37. The van der Waals surface area contributed by atoms with Crippen molar-refractivity contribution in [3.05, 3.63) is 60.3 Å². The minimum atomic E-state index is -0.605. The van der Waals surface area contributed by atoms with Crippen LogP contribution in [-0.2, 0) is 11.3 Å². The highest BCUT2D eigenvalue weighted by Crippen LogP contribution is 2.21. The summed E-state index contributed by atoms with van der Waals surface area (Å²) in [7, 11) is 1.30. The van der Waals surface area contributed by atoms with Gasteiger partial charge in [-0.1, -0.05) is 44.4 Å². The van der Waals surface area contributed by atoms with E-state index in [9.17, 15) is 4.79 Å². The number of para-hydroxylation sites is 1. The summed E-state index contributed by atoms with van der Waals surface area (Å²) in [5, 5.41) is 4.99. The van der Waals surface area contributed by atoms with Crippen LogP contribution in [0.3, 0.4) is 0 Å². The normalized spacial score (nSPS) is 11.1. The van der Waals surface area contributed by atoms with Crippen LogP contribution < -0.4 is 14.9 Å². The highest BCUT2D eigenvalue weighted by Gasteiger charge is 2.07. The van der Waals surface area contributed by atoms with Crippen molar-refractivity contribution in [2.24, 2.45) is 5.10 Å². The Kier molecular flexibility index (Phi) is 8.98. The first-order chi connectivity index (χ1) is 15.7. The molecule has 3 aromatic rings. The molecule has 0 spiro atoms. The quantitative estimate of drug-likeness (QED) is 0.235. The number of hydrogen-bond acceptors (Lipinski definition) is 5. The molecule has 0 unspecified atom stereocenters. The van der Waals surface area contributed by atoms with Crippen molar-refractivity contribution in [2.75, 3.05) is 20.3 Å². The molecule has 7 nitrogen and oxygen atoms in total. The van der Waals surface area contributed by atoms with Gasteiger partial charge in [0.25, 0.3) is 0 Å². The van der Waals surface area contributed by atoms with Crippen molar-refractivity contribution in [2.45, 2.75) is 39.2 Å². The maximum absolute atomic E-state index is 11.2. The number of hydrazone groups is 1. The number of aromatic nitrogens is 1. The van der Waals surface area contributed by atoms with Crippen LogP contribution in [0.15, 0.2) is 59.8 Å². The number of rotatable bonds is 12. The Morgan fingerprint density at radius 1 is 1.00 bits per heavy atom. The molecule has 0 aliphatic heterocycles. The summed E-state index contributed by atoms with van der Waals surface area (Å²) in [6, 6.07) is 15.8. The number of carbonyl (C=O) groups is 1. The molecular weight excluding hydrogens is 406 g/mol. The summed E-state index contributed by atoms with van der Waals surface area (Å²) in [5.41, 5.74) is 4.28. The molecule has 0 fully saturated rings. The maximum atomic E-state index is 11.2. The lowest BCUT2D eigenvalue weighted by Crippen LogP contribution is -2.16. The number of fused-ring (bicyclic) bond motifs is 1. The van der Waals surface area contributed by atoms with E-state index in [0.717, 1.165) is 41.0 Å². The van der Waals surface area contributed by atoms with E-state index in [4.69, 9.17) is 9.47 Å². The molecule has 170 valence electrons. The minimum absolute atomic E-state index is 0.521. The van der Waals surface area contributed by atoms with Gasteiger partial charge >= 0.3 is 6.09 Å². The molecule has 0 saturated carbocycles. The van der Waals surface area contributed by atoms with Gasteiger partial charge in [-0.05, 0) is 36.8 Å². The zero-order chi connectivity index (χ0) is 22.6. The fourth-order valence-corrected chi connectivity index (χ4v) is 3.38. The largest absolute Gasteiger partial charge is 0.494 e. The number of ether oxygens (including phenoxy) is 3. The van der Waals surface area contributed by atoms with E-state index in [1.165, 1.54) is 26.4 Å². The number of unbranched alkanes of at least 4 members (excludes halogenated alkanes) is 3. The molecule has 1 heterocycles. The Hall–Kier alpha value is -3.48. The Morgan fingerprint density at radius 2 is 1.72 bits per heavy atom. The molecule has 1 amide bonds. The molecule has 32 heavy (non-hydrogen) atoms. The van der Waals surface area contributed by atoms with Crippen LogP contribution in [0, 0.1) is 0 Å². The second-order valence-corrected chi connectivity index (χ2v) is 7.39. The molecular formula is C25H31N3O4. The van der Waals surface area contributed by atoms with Crippen molar-refractivity contribution < 1.29 is 19.0 Å². The molecule has 0 saturated heterocycles. The Labute approximate surface area is 189 Å². The number of nitrogens with one attached hydrogen (secondary N) is 1. The number of nitrogens with zero attached hydrogens (tertiary/aromatic N) is 2. The van der Waals surface area contributed by atoms with E-state index >= 15 is 0 Å². The number of amides is 1. The summed E-state index contributed by atoms with van der Waals surface area (Å²) in [5.74, 6) is 1.68. The second-order valence-electron chi connectivity index (χ2n) is 7.39. The molecule has 0 radical (unpaired) electrons. The highest BCUT2D eigenvalue weighted by atomic mass is 16.5. The van der Waals surface area contributed by atoms with E-state index in [2.05, 4.69) is 26.8 Å². The lowest BCUT2D eigenvalue weighted by atomic mass is 10.2. The predicted molar refractivity (Wildman–Crippen MR) is 127 cm³/mol. The van der Waals surface area contributed by atoms with Gasteiger partial charge in [0.05, 0.1) is 26.5 Å². The molecule has 1 N–H and O–H groups in total. The lowest BCUT2D eigenvalue weighted by molar-refractivity contribution is 0.171. The molecule has 2 aromatic carbocycles.